The minimum atomic E-state index is -4.47. The van der Waals surface area contributed by atoms with Gasteiger partial charge in [-0.2, -0.15) is 13.2 Å². The Hall–Kier alpha value is -1.47. The second kappa shape index (κ2) is 8.58. The third kappa shape index (κ3) is 5.27. The molecular formula is C16H22ClF3N2O2. The van der Waals surface area contributed by atoms with Crippen LogP contribution < -0.4 is 15.8 Å². The van der Waals surface area contributed by atoms with Gasteiger partial charge in [0.25, 0.3) is 0 Å². The highest BCUT2D eigenvalue weighted by atomic mass is 35.5. The van der Waals surface area contributed by atoms with Crippen LogP contribution in [0.25, 0.3) is 0 Å². The van der Waals surface area contributed by atoms with Gasteiger partial charge in [0, 0.05) is 12.0 Å². The van der Waals surface area contributed by atoms with Crippen LogP contribution in [0.2, 0.25) is 0 Å². The summed E-state index contributed by atoms with van der Waals surface area (Å²) in [5, 5.41) is 2.57. The number of hydrogen-bond acceptors (Lipinski definition) is 3. The molecule has 136 valence electrons. The van der Waals surface area contributed by atoms with E-state index in [1.165, 1.54) is 6.07 Å². The van der Waals surface area contributed by atoms with Gasteiger partial charge in [-0.25, -0.2) is 0 Å². The van der Waals surface area contributed by atoms with Crippen LogP contribution in [0.15, 0.2) is 18.2 Å². The summed E-state index contributed by atoms with van der Waals surface area (Å²) in [5.41, 5.74) is 5.01. The Morgan fingerprint density at radius 2 is 2.08 bits per heavy atom. The number of carbonyl (C=O) groups excluding carboxylic acids is 1. The number of rotatable bonds is 5. The number of hydrogen-bond donors (Lipinski definition) is 2. The second-order valence-corrected chi connectivity index (χ2v) is 5.82. The summed E-state index contributed by atoms with van der Waals surface area (Å²) >= 11 is 0. The van der Waals surface area contributed by atoms with E-state index in [2.05, 4.69) is 5.32 Å². The molecule has 24 heavy (non-hydrogen) atoms. The average molecular weight is 367 g/mol. The molecule has 0 spiro atoms. The predicted molar refractivity (Wildman–Crippen MR) is 88.4 cm³/mol. The Morgan fingerprint density at radius 1 is 1.38 bits per heavy atom. The highest BCUT2D eigenvalue weighted by Crippen LogP contribution is 2.36. The van der Waals surface area contributed by atoms with Gasteiger partial charge in [0.15, 0.2) is 0 Å². The fourth-order valence-electron chi connectivity index (χ4n) is 2.63. The molecule has 1 aromatic rings. The van der Waals surface area contributed by atoms with Gasteiger partial charge in [0.1, 0.15) is 5.75 Å². The fourth-order valence-corrected chi connectivity index (χ4v) is 2.63. The normalized spacial score (nSPS) is 20.4. The molecule has 0 saturated heterocycles. The Balaban J connectivity index is 0.00000288. The Morgan fingerprint density at radius 3 is 2.62 bits per heavy atom. The monoisotopic (exact) mass is 366 g/mol. The first-order chi connectivity index (χ1) is 10.8. The minimum absolute atomic E-state index is 0. The van der Waals surface area contributed by atoms with E-state index in [1.807, 2.05) is 6.92 Å². The predicted octanol–water partition coefficient (Wildman–Crippen LogP) is 3.98. The summed E-state index contributed by atoms with van der Waals surface area (Å²) < 4.78 is 44.0. The van der Waals surface area contributed by atoms with E-state index >= 15 is 0 Å². The molecule has 2 rings (SSSR count). The van der Waals surface area contributed by atoms with Gasteiger partial charge in [-0.05, 0) is 43.9 Å². The first-order valence-corrected chi connectivity index (χ1v) is 7.71. The first-order valence-electron chi connectivity index (χ1n) is 7.71. The zero-order valence-corrected chi connectivity index (χ0v) is 14.2. The number of nitrogens with one attached hydrogen (secondary N) is 1. The number of nitrogens with two attached hydrogens (primary N) is 1. The first kappa shape index (κ1) is 20.6. The van der Waals surface area contributed by atoms with E-state index in [9.17, 15) is 18.0 Å². The molecule has 0 aliphatic heterocycles. The van der Waals surface area contributed by atoms with Gasteiger partial charge in [-0.1, -0.05) is 6.92 Å². The fraction of sp³-hybridized carbons (Fsp3) is 0.562. The lowest BCUT2D eigenvalue weighted by molar-refractivity contribution is -0.137. The molecule has 0 radical (unpaired) electrons. The van der Waals surface area contributed by atoms with Crippen LogP contribution in [-0.4, -0.2) is 18.6 Å². The van der Waals surface area contributed by atoms with Crippen LogP contribution in [0.4, 0.5) is 18.9 Å². The number of halogens is 4. The summed E-state index contributed by atoms with van der Waals surface area (Å²) in [4.78, 5) is 12.2. The van der Waals surface area contributed by atoms with Crippen molar-refractivity contribution in [2.75, 3.05) is 11.9 Å². The molecule has 2 atom stereocenters. The van der Waals surface area contributed by atoms with Crippen LogP contribution in [0.5, 0.6) is 5.75 Å². The zero-order valence-electron chi connectivity index (χ0n) is 13.4. The van der Waals surface area contributed by atoms with Crippen molar-refractivity contribution in [2.45, 2.75) is 44.8 Å². The number of ether oxygens (including phenoxy) is 1. The van der Waals surface area contributed by atoms with Crippen LogP contribution in [0, 0.1) is 5.92 Å². The molecule has 1 aromatic carbocycles. The van der Waals surface area contributed by atoms with Crippen molar-refractivity contribution in [2.24, 2.45) is 11.7 Å². The van der Waals surface area contributed by atoms with Crippen LogP contribution in [-0.2, 0) is 11.0 Å². The van der Waals surface area contributed by atoms with Gasteiger partial charge in [0.2, 0.25) is 5.91 Å². The Kier molecular flexibility index (Phi) is 7.35. The topological polar surface area (TPSA) is 64.3 Å². The van der Waals surface area contributed by atoms with Crippen LogP contribution in [0.3, 0.4) is 0 Å². The molecule has 1 amide bonds. The van der Waals surface area contributed by atoms with E-state index in [0.717, 1.165) is 18.6 Å². The molecule has 4 nitrogen and oxygen atoms in total. The van der Waals surface area contributed by atoms with Gasteiger partial charge in [-0.15, -0.1) is 12.4 Å². The molecule has 0 heterocycles. The molecule has 0 aromatic heterocycles. The largest absolute Gasteiger partial charge is 0.491 e. The highest BCUT2D eigenvalue weighted by molar-refractivity contribution is 5.94. The molecular weight excluding hydrogens is 345 g/mol. The third-order valence-corrected chi connectivity index (χ3v) is 3.87. The Bertz CT molecular complexity index is 567. The van der Waals surface area contributed by atoms with Crippen molar-refractivity contribution < 1.29 is 22.7 Å². The molecule has 1 aliphatic carbocycles. The number of carbonyl (C=O) groups is 1. The molecule has 1 aliphatic rings. The maximum Gasteiger partial charge on any atom is 0.416 e. The third-order valence-electron chi connectivity index (χ3n) is 3.87. The standard InChI is InChI=1S/C16H21F3N2O2.ClH/c1-2-7-23-14-6-4-11(16(17,18)19)9-13(14)21-15(22)10-3-5-12(20)8-10;/h4,6,9-10,12H,2-3,5,7-8,20H2,1H3,(H,21,22);1H. The summed E-state index contributed by atoms with van der Waals surface area (Å²) in [6.45, 7) is 2.25. The highest BCUT2D eigenvalue weighted by Gasteiger charge is 2.32. The smallest absolute Gasteiger partial charge is 0.416 e. The van der Waals surface area contributed by atoms with Gasteiger partial charge in [0.05, 0.1) is 17.9 Å². The Labute approximate surface area is 145 Å². The molecule has 8 heteroatoms. The average Bonchev–Trinajstić information content (AvgIpc) is 2.91. The summed E-state index contributed by atoms with van der Waals surface area (Å²) in [6, 6.07) is 3.08. The van der Waals surface area contributed by atoms with Gasteiger partial charge < -0.3 is 15.8 Å². The number of benzene rings is 1. The van der Waals surface area contributed by atoms with Crippen molar-refractivity contribution in [1.82, 2.24) is 0 Å². The summed E-state index contributed by atoms with van der Waals surface area (Å²) in [7, 11) is 0. The number of amides is 1. The molecule has 3 N–H and O–H groups in total. The van der Waals surface area contributed by atoms with E-state index in [4.69, 9.17) is 10.5 Å². The van der Waals surface area contributed by atoms with Crippen molar-refractivity contribution in [1.29, 1.82) is 0 Å². The number of anilines is 1. The van der Waals surface area contributed by atoms with E-state index in [-0.39, 0.29) is 41.7 Å². The zero-order chi connectivity index (χ0) is 17.0. The molecule has 1 saturated carbocycles. The van der Waals surface area contributed by atoms with E-state index in [1.54, 1.807) is 0 Å². The summed E-state index contributed by atoms with van der Waals surface area (Å²) in [5.74, 6) is -0.326. The van der Waals surface area contributed by atoms with Gasteiger partial charge in [-0.3, -0.25) is 4.79 Å². The lowest BCUT2D eigenvalue weighted by atomic mass is 10.1. The molecule has 1 fully saturated rings. The molecule has 0 bridgehead atoms. The minimum Gasteiger partial charge on any atom is -0.491 e. The number of alkyl halides is 3. The molecule has 2 unspecified atom stereocenters. The van der Waals surface area contributed by atoms with Crippen LogP contribution >= 0.6 is 12.4 Å². The second-order valence-electron chi connectivity index (χ2n) is 5.82. The van der Waals surface area contributed by atoms with E-state index < -0.39 is 11.7 Å². The SMILES string of the molecule is CCCOc1ccc(C(F)(F)F)cc1NC(=O)C1CCC(N)C1.Cl. The van der Waals surface area contributed by atoms with Crippen molar-refractivity contribution in [3.05, 3.63) is 23.8 Å². The van der Waals surface area contributed by atoms with E-state index in [0.29, 0.717) is 25.9 Å². The van der Waals surface area contributed by atoms with Gasteiger partial charge >= 0.3 is 6.18 Å². The van der Waals surface area contributed by atoms with Crippen LogP contribution in [0.1, 0.15) is 38.2 Å². The maximum absolute atomic E-state index is 12.9. The van der Waals surface area contributed by atoms with Crippen molar-refractivity contribution in [3.63, 3.8) is 0 Å². The maximum atomic E-state index is 12.9. The van der Waals surface area contributed by atoms with Crippen molar-refractivity contribution in [3.8, 4) is 5.75 Å². The van der Waals surface area contributed by atoms with Crippen molar-refractivity contribution >= 4 is 24.0 Å². The lowest BCUT2D eigenvalue weighted by Crippen LogP contribution is -2.23. The quantitative estimate of drug-likeness (QED) is 0.828. The summed E-state index contributed by atoms with van der Waals surface area (Å²) in [6.07, 6.45) is -1.81. The lowest BCUT2D eigenvalue weighted by Gasteiger charge is -2.17.